The number of nitrogens with zero attached hydrogens (tertiary/aromatic N) is 1. The van der Waals surface area contributed by atoms with Crippen LogP contribution < -0.4 is 0 Å². The van der Waals surface area contributed by atoms with Crippen molar-refractivity contribution < 1.29 is 0 Å². The van der Waals surface area contributed by atoms with Gasteiger partial charge in [0.25, 0.3) is 0 Å². The minimum atomic E-state index is 0.0157. The number of nitroso groups, excluding NO2 is 1. The number of hydrogen-bond donors (Lipinski definition) is 0. The minimum absolute atomic E-state index is 0.0157. The predicted octanol–water partition coefficient (Wildman–Crippen LogP) is 6.48. The van der Waals surface area contributed by atoms with E-state index in [0.717, 1.165) is 12.3 Å². The van der Waals surface area contributed by atoms with Crippen LogP contribution in [0.15, 0.2) is 5.18 Å². The van der Waals surface area contributed by atoms with Crippen molar-refractivity contribution in [3.63, 3.8) is 0 Å². The zero-order valence-electron chi connectivity index (χ0n) is 13.5. The molecule has 0 aliphatic heterocycles. The first kappa shape index (κ1) is 18.6. The van der Waals surface area contributed by atoms with Crippen LogP contribution in [0.2, 0.25) is 0 Å². The largest absolute Gasteiger partial charge is 0.151 e. The highest BCUT2D eigenvalue weighted by atomic mass is 16.3. The van der Waals surface area contributed by atoms with Crippen LogP contribution in [0.25, 0.3) is 0 Å². The normalized spacial score (nSPS) is 14.3. The van der Waals surface area contributed by atoms with Crippen LogP contribution in [-0.4, -0.2) is 6.04 Å². The topological polar surface area (TPSA) is 29.4 Å². The third-order valence-electron chi connectivity index (χ3n) is 4.21. The molecule has 19 heavy (non-hydrogen) atoms. The molecule has 0 fully saturated rings. The van der Waals surface area contributed by atoms with Crippen molar-refractivity contribution >= 4 is 0 Å². The van der Waals surface area contributed by atoms with Crippen molar-refractivity contribution in [2.45, 2.75) is 104 Å². The van der Waals surface area contributed by atoms with Gasteiger partial charge in [0.1, 0.15) is 0 Å². The Hall–Kier alpha value is -0.400. The van der Waals surface area contributed by atoms with Crippen molar-refractivity contribution in [1.29, 1.82) is 0 Å². The van der Waals surface area contributed by atoms with E-state index in [4.69, 9.17) is 0 Å². The van der Waals surface area contributed by atoms with Crippen LogP contribution in [0.3, 0.4) is 0 Å². The van der Waals surface area contributed by atoms with Crippen LogP contribution in [0.5, 0.6) is 0 Å². The fraction of sp³-hybridized carbons (Fsp3) is 1.00. The molecule has 2 heteroatoms. The Morgan fingerprint density at radius 3 is 1.79 bits per heavy atom. The summed E-state index contributed by atoms with van der Waals surface area (Å²) in [5.74, 6) is 0.951. The van der Waals surface area contributed by atoms with E-state index in [0.29, 0.717) is 0 Å². The van der Waals surface area contributed by atoms with E-state index in [1.165, 1.54) is 70.6 Å². The highest BCUT2D eigenvalue weighted by Gasteiger charge is 2.06. The van der Waals surface area contributed by atoms with E-state index in [9.17, 15) is 4.91 Å². The molecule has 0 aromatic heterocycles. The first-order chi connectivity index (χ1) is 9.24. The molecule has 0 aromatic carbocycles. The van der Waals surface area contributed by atoms with Crippen molar-refractivity contribution in [1.82, 2.24) is 0 Å². The van der Waals surface area contributed by atoms with Gasteiger partial charge in [-0.25, -0.2) is 0 Å². The van der Waals surface area contributed by atoms with Gasteiger partial charge < -0.3 is 0 Å². The Morgan fingerprint density at radius 1 is 0.789 bits per heavy atom. The van der Waals surface area contributed by atoms with Crippen molar-refractivity contribution in [2.24, 2.45) is 11.1 Å². The van der Waals surface area contributed by atoms with Gasteiger partial charge in [-0.2, -0.15) is 4.91 Å². The van der Waals surface area contributed by atoms with Crippen LogP contribution in [0, 0.1) is 10.8 Å². The average Bonchev–Trinajstić information content (AvgIpc) is 2.44. The van der Waals surface area contributed by atoms with E-state index >= 15 is 0 Å². The van der Waals surface area contributed by atoms with Gasteiger partial charge in [-0.3, -0.25) is 0 Å². The van der Waals surface area contributed by atoms with Crippen molar-refractivity contribution in [3.8, 4) is 0 Å². The molecule has 2 nitrogen and oxygen atoms in total. The molecule has 0 aliphatic carbocycles. The molecule has 0 rings (SSSR count). The smallest absolute Gasteiger partial charge is 0.0891 e. The molecule has 2 atom stereocenters. The Labute approximate surface area is 120 Å². The Bertz CT molecular complexity index is 194. The first-order valence-corrected chi connectivity index (χ1v) is 8.57. The molecular weight excluding hydrogens is 234 g/mol. The second-order valence-electron chi connectivity index (χ2n) is 6.07. The zero-order chi connectivity index (χ0) is 14.3. The highest BCUT2D eigenvalue weighted by Crippen LogP contribution is 2.21. The second kappa shape index (κ2) is 14.0. The van der Waals surface area contributed by atoms with E-state index in [-0.39, 0.29) is 6.04 Å². The average molecular weight is 269 g/mol. The summed E-state index contributed by atoms with van der Waals surface area (Å²) in [5, 5.41) is 3.05. The SMILES string of the molecule is CCCCCCC(CC)CCCCCC[C@H](C)N=O. The summed E-state index contributed by atoms with van der Waals surface area (Å²) < 4.78 is 0. The molecule has 0 N–H and O–H groups in total. The molecule has 0 amide bonds. The lowest BCUT2D eigenvalue weighted by Crippen LogP contribution is -1.99. The summed E-state index contributed by atoms with van der Waals surface area (Å²) >= 11 is 0. The first-order valence-electron chi connectivity index (χ1n) is 8.57. The lowest BCUT2D eigenvalue weighted by molar-refractivity contribution is 0.393. The highest BCUT2D eigenvalue weighted by molar-refractivity contribution is 4.61. The summed E-state index contributed by atoms with van der Waals surface area (Å²) in [6.07, 6.45) is 15.9. The molecule has 0 aromatic rings. The maximum atomic E-state index is 10.2. The van der Waals surface area contributed by atoms with Gasteiger partial charge in [-0.15, -0.1) is 0 Å². The van der Waals surface area contributed by atoms with E-state index in [2.05, 4.69) is 19.0 Å². The zero-order valence-corrected chi connectivity index (χ0v) is 13.5. The Morgan fingerprint density at radius 2 is 1.32 bits per heavy atom. The fourth-order valence-electron chi connectivity index (χ4n) is 2.69. The second-order valence-corrected chi connectivity index (χ2v) is 6.07. The summed E-state index contributed by atoms with van der Waals surface area (Å²) in [6.45, 7) is 6.52. The van der Waals surface area contributed by atoms with Crippen LogP contribution >= 0.6 is 0 Å². The molecule has 0 heterocycles. The molecule has 0 spiro atoms. The lowest BCUT2D eigenvalue weighted by Gasteiger charge is -2.14. The Kier molecular flexibility index (Phi) is 13.7. The van der Waals surface area contributed by atoms with E-state index in [1.54, 1.807) is 0 Å². The van der Waals surface area contributed by atoms with Gasteiger partial charge in [-0.1, -0.05) is 89.7 Å². The van der Waals surface area contributed by atoms with E-state index in [1.807, 2.05) is 6.92 Å². The van der Waals surface area contributed by atoms with Gasteiger partial charge in [0.05, 0.1) is 6.04 Å². The van der Waals surface area contributed by atoms with Crippen LogP contribution in [0.4, 0.5) is 0 Å². The van der Waals surface area contributed by atoms with Gasteiger partial charge in [-0.05, 0) is 19.3 Å². The fourth-order valence-corrected chi connectivity index (χ4v) is 2.69. The molecule has 0 bridgehead atoms. The molecular formula is C17H35NO. The quantitative estimate of drug-likeness (QED) is 0.262. The third-order valence-corrected chi connectivity index (χ3v) is 4.21. The van der Waals surface area contributed by atoms with Crippen molar-refractivity contribution in [3.05, 3.63) is 4.91 Å². The van der Waals surface area contributed by atoms with E-state index < -0.39 is 0 Å². The number of rotatable bonds is 14. The Balaban J connectivity index is 3.37. The maximum Gasteiger partial charge on any atom is 0.0891 e. The molecule has 0 saturated carbocycles. The predicted molar refractivity (Wildman–Crippen MR) is 85.5 cm³/mol. The maximum absolute atomic E-state index is 10.2. The molecule has 0 radical (unpaired) electrons. The molecule has 1 unspecified atom stereocenters. The minimum Gasteiger partial charge on any atom is -0.151 e. The van der Waals surface area contributed by atoms with Crippen LogP contribution in [-0.2, 0) is 0 Å². The number of unbranched alkanes of at least 4 members (excludes halogenated alkanes) is 6. The molecule has 114 valence electrons. The summed E-state index contributed by atoms with van der Waals surface area (Å²) in [5.41, 5.74) is 0. The third kappa shape index (κ3) is 12.4. The number of hydrogen-bond acceptors (Lipinski definition) is 2. The van der Waals surface area contributed by atoms with Gasteiger partial charge in [0.15, 0.2) is 0 Å². The summed E-state index contributed by atoms with van der Waals surface area (Å²) in [7, 11) is 0. The molecule has 0 saturated heterocycles. The van der Waals surface area contributed by atoms with Crippen LogP contribution in [0.1, 0.15) is 97.8 Å². The summed E-state index contributed by atoms with van der Waals surface area (Å²) in [6, 6.07) is 0.0157. The van der Waals surface area contributed by atoms with Gasteiger partial charge >= 0.3 is 0 Å². The molecule has 0 aliphatic rings. The monoisotopic (exact) mass is 269 g/mol. The standard InChI is InChI=1S/C17H35NO/c1-4-6-7-11-14-17(5-2)15-12-9-8-10-13-16(3)18-19/h16-17H,4-15H2,1-3H3/t16-,17?/m0/s1. The van der Waals surface area contributed by atoms with Crippen molar-refractivity contribution in [2.75, 3.05) is 0 Å². The lowest BCUT2D eigenvalue weighted by atomic mass is 9.92. The van der Waals surface area contributed by atoms with Gasteiger partial charge in [0.2, 0.25) is 0 Å². The summed E-state index contributed by atoms with van der Waals surface area (Å²) in [4.78, 5) is 10.2. The van der Waals surface area contributed by atoms with Gasteiger partial charge in [0, 0.05) is 0 Å².